The topological polar surface area (TPSA) is 108 Å². The number of fused-ring (bicyclic) bond motifs is 2. The number of hydrogen-bond donors (Lipinski definition) is 2. The molecule has 35 heavy (non-hydrogen) atoms. The largest absolute Gasteiger partial charge is 0.608 e. The number of quaternary nitrogens is 1. The minimum absolute atomic E-state index is 0.407. The van der Waals surface area contributed by atoms with E-state index in [0.717, 1.165) is 61.0 Å². The van der Waals surface area contributed by atoms with Crippen LogP contribution in [0.2, 0.25) is 0 Å². The molecule has 5 rings (SSSR count). The summed E-state index contributed by atoms with van der Waals surface area (Å²) in [6.45, 7) is 4.52. The van der Waals surface area contributed by atoms with Crippen LogP contribution in [-0.2, 0) is 47.7 Å². The number of rotatable bonds is 5. The molecule has 10 heteroatoms. The molecule has 2 aliphatic carbocycles. The number of ether oxygens (including phenoxy) is 1. The van der Waals surface area contributed by atoms with E-state index in [4.69, 9.17) is 4.74 Å². The summed E-state index contributed by atoms with van der Waals surface area (Å²) in [6, 6.07) is 2.47. The normalized spacial score (nSPS) is 18.9. The SMILES string of the molecule is Cc1cc(N(C2CCOCC2)S(=O)(=O)[NH+]([O-])C(=O)Nc2c3c(cc4c2CCC4)CCC3)c(C)n1C. The van der Waals surface area contributed by atoms with Crippen molar-refractivity contribution in [2.75, 3.05) is 22.8 Å². The quantitative estimate of drug-likeness (QED) is 0.611. The van der Waals surface area contributed by atoms with Crippen LogP contribution in [-0.4, -0.2) is 38.3 Å². The van der Waals surface area contributed by atoms with Gasteiger partial charge in [0.15, 0.2) is 0 Å². The molecule has 2 N–H and O–H groups in total. The molecule has 1 unspecified atom stereocenters. The maximum absolute atomic E-state index is 13.8. The van der Waals surface area contributed by atoms with Gasteiger partial charge in [-0.3, -0.25) is 5.32 Å². The number of nitrogens with zero attached hydrogens (tertiary/aromatic N) is 2. The number of urea groups is 1. The summed E-state index contributed by atoms with van der Waals surface area (Å²) >= 11 is 0. The molecule has 1 aliphatic heterocycles. The second-order valence-electron chi connectivity index (χ2n) is 9.94. The van der Waals surface area contributed by atoms with Gasteiger partial charge in [0.2, 0.25) is 0 Å². The van der Waals surface area contributed by atoms with E-state index >= 15 is 0 Å². The molecule has 0 bridgehead atoms. The number of amides is 2. The van der Waals surface area contributed by atoms with Crippen LogP contribution in [0.4, 0.5) is 16.2 Å². The van der Waals surface area contributed by atoms with Crippen LogP contribution in [0, 0.1) is 19.1 Å². The van der Waals surface area contributed by atoms with Crippen LogP contribution >= 0.6 is 0 Å². The van der Waals surface area contributed by atoms with E-state index in [-0.39, 0.29) is 0 Å². The van der Waals surface area contributed by atoms with Gasteiger partial charge >= 0.3 is 16.2 Å². The molecular weight excluding hydrogens is 468 g/mol. The number of nitrogens with one attached hydrogen (secondary N) is 2. The van der Waals surface area contributed by atoms with Gasteiger partial charge in [0.1, 0.15) is 0 Å². The van der Waals surface area contributed by atoms with Gasteiger partial charge in [-0.2, -0.15) is 12.9 Å². The average molecular weight is 503 g/mol. The van der Waals surface area contributed by atoms with Gasteiger partial charge in [-0.05, 0) is 93.5 Å². The minimum Gasteiger partial charge on any atom is -0.608 e. The maximum atomic E-state index is 13.8. The predicted octanol–water partition coefficient (Wildman–Crippen LogP) is 2.46. The Hall–Kier alpha value is -2.40. The Morgan fingerprint density at radius 2 is 1.69 bits per heavy atom. The van der Waals surface area contributed by atoms with Crippen molar-refractivity contribution in [2.45, 2.75) is 71.3 Å². The highest BCUT2D eigenvalue weighted by atomic mass is 32.2. The smallest absolute Gasteiger partial charge is 0.436 e. The molecule has 190 valence electrons. The number of aromatic nitrogens is 1. The van der Waals surface area contributed by atoms with Crippen LogP contribution < -0.4 is 14.1 Å². The first-order valence-electron chi connectivity index (χ1n) is 12.5. The molecule has 2 heterocycles. The number of carbonyl (C=O) groups is 1. The Kier molecular flexibility index (Phi) is 6.41. The highest BCUT2D eigenvalue weighted by molar-refractivity contribution is 7.86. The molecule has 0 saturated carbocycles. The third kappa shape index (κ3) is 4.16. The maximum Gasteiger partial charge on any atom is 0.436 e. The van der Waals surface area contributed by atoms with Gasteiger partial charge in [-0.15, -0.1) is 0 Å². The van der Waals surface area contributed by atoms with Gasteiger partial charge in [0, 0.05) is 31.6 Å². The fraction of sp³-hybridized carbons (Fsp3) is 0.560. The molecule has 1 atom stereocenters. The molecule has 3 aliphatic rings. The first-order chi connectivity index (χ1) is 16.7. The van der Waals surface area contributed by atoms with Gasteiger partial charge in [0.25, 0.3) is 0 Å². The zero-order valence-electron chi connectivity index (χ0n) is 20.6. The summed E-state index contributed by atoms with van der Waals surface area (Å²) in [7, 11) is -2.76. The highest BCUT2D eigenvalue weighted by Gasteiger charge is 2.41. The number of aryl methyl sites for hydroxylation is 3. The van der Waals surface area contributed by atoms with Crippen LogP contribution in [0.5, 0.6) is 0 Å². The van der Waals surface area contributed by atoms with Crippen LogP contribution in [0.1, 0.15) is 59.3 Å². The zero-order valence-corrected chi connectivity index (χ0v) is 21.5. The first kappa shape index (κ1) is 24.3. The van der Waals surface area contributed by atoms with E-state index in [1.165, 1.54) is 15.4 Å². The number of hydroxylamine groups is 1. The first-order valence-corrected chi connectivity index (χ1v) is 13.9. The zero-order chi connectivity index (χ0) is 24.9. The third-order valence-electron chi connectivity index (χ3n) is 7.90. The lowest BCUT2D eigenvalue weighted by atomic mass is 9.99. The van der Waals surface area contributed by atoms with Crippen LogP contribution in [0.25, 0.3) is 0 Å². The van der Waals surface area contributed by atoms with Crippen LogP contribution in [0.15, 0.2) is 12.1 Å². The molecule has 2 amide bonds. The molecule has 1 aromatic carbocycles. The number of benzene rings is 1. The third-order valence-corrected chi connectivity index (χ3v) is 9.57. The van der Waals surface area contributed by atoms with Gasteiger partial charge in [0.05, 0.1) is 17.4 Å². The van der Waals surface area contributed by atoms with Crippen molar-refractivity contribution in [2.24, 2.45) is 7.05 Å². The Labute approximate surface area is 206 Å². The molecule has 0 radical (unpaired) electrons. The Morgan fingerprint density at radius 1 is 1.09 bits per heavy atom. The molecular formula is C25H34N4O5S. The van der Waals surface area contributed by atoms with Crippen molar-refractivity contribution in [1.82, 2.24) is 4.57 Å². The number of hydrogen-bond acceptors (Lipinski definition) is 5. The van der Waals surface area contributed by atoms with Gasteiger partial charge in [-0.25, -0.2) is 9.10 Å². The van der Waals surface area contributed by atoms with Crippen molar-refractivity contribution >= 4 is 27.6 Å². The van der Waals surface area contributed by atoms with Crippen molar-refractivity contribution in [3.63, 3.8) is 0 Å². The van der Waals surface area contributed by atoms with E-state index in [1.54, 1.807) is 6.07 Å². The van der Waals surface area contributed by atoms with Crippen molar-refractivity contribution in [3.8, 4) is 0 Å². The van der Waals surface area contributed by atoms with Gasteiger partial charge < -0.3 is 14.5 Å². The Balaban J connectivity index is 1.49. The average Bonchev–Trinajstić information content (AvgIpc) is 3.56. The van der Waals surface area contributed by atoms with E-state index in [1.807, 2.05) is 25.5 Å². The number of carbonyl (C=O) groups excluding carboxylic acids is 1. The monoisotopic (exact) mass is 502 g/mol. The second kappa shape index (κ2) is 9.24. The van der Waals surface area contributed by atoms with Gasteiger partial charge in [-0.1, -0.05) is 6.07 Å². The second-order valence-corrected chi connectivity index (χ2v) is 11.6. The standard InChI is InChI=1S/C25H34N4O5S/c1-16-14-23(17(2)27(16)3)28(20-10-12-34-13-11-20)35(32,33)29(31)25(30)26-24-21-8-4-6-18(21)15-19-7-5-9-22(19)24/h14-15,20,29H,4-13H2,1-3H3,(H,26,30). The fourth-order valence-corrected chi connectivity index (χ4v) is 7.35. The van der Waals surface area contributed by atoms with Crippen molar-refractivity contribution in [3.05, 3.63) is 51.0 Å². The van der Waals surface area contributed by atoms with E-state index in [9.17, 15) is 18.4 Å². The van der Waals surface area contributed by atoms with E-state index in [2.05, 4.69) is 11.4 Å². The molecule has 1 aromatic heterocycles. The lowest BCUT2D eigenvalue weighted by Gasteiger charge is -2.36. The highest BCUT2D eigenvalue weighted by Crippen LogP contribution is 2.38. The van der Waals surface area contributed by atoms with Crippen molar-refractivity contribution in [1.29, 1.82) is 0 Å². The lowest BCUT2D eigenvalue weighted by molar-refractivity contribution is -0.604. The molecule has 1 fully saturated rings. The fourth-order valence-electron chi connectivity index (χ4n) is 5.84. The number of anilines is 2. The summed E-state index contributed by atoms with van der Waals surface area (Å²) in [5.41, 5.74) is 7.23. The summed E-state index contributed by atoms with van der Waals surface area (Å²) in [5.74, 6) is 0. The molecule has 9 nitrogen and oxygen atoms in total. The predicted molar refractivity (Wildman–Crippen MR) is 134 cm³/mol. The summed E-state index contributed by atoms with van der Waals surface area (Å²) in [5, 5.41) is 16.1. The summed E-state index contributed by atoms with van der Waals surface area (Å²) in [6.07, 6.45) is 6.47. The summed E-state index contributed by atoms with van der Waals surface area (Å²) in [4.78, 5) is 13.2. The molecule has 2 aromatic rings. The lowest BCUT2D eigenvalue weighted by Crippen LogP contribution is -3.14. The minimum atomic E-state index is -4.61. The van der Waals surface area contributed by atoms with E-state index in [0.29, 0.717) is 37.4 Å². The Morgan fingerprint density at radius 3 is 2.23 bits per heavy atom. The van der Waals surface area contributed by atoms with Crippen molar-refractivity contribution < 1.29 is 22.4 Å². The van der Waals surface area contributed by atoms with E-state index < -0.39 is 26.8 Å². The molecule has 1 saturated heterocycles. The Bertz CT molecular complexity index is 1230. The van der Waals surface area contributed by atoms with Crippen LogP contribution in [0.3, 0.4) is 0 Å². The molecule has 0 spiro atoms. The summed E-state index contributed by atoms with van der Waals surface area (Å²) < 4.78 is 34.6.